The number of carbonyl (C=O) groups is 2. The summed E-state index contributed by atoms with van der Waals surface area (Å²) in [5.74, 6) is 0.109. The third-order valence-electron chi connectivity index (χ3n) is 3.69. The minimum absolute atomic E-state index is 0.237. The van der Waals surface area contributed by atoms with E-state index in [9.17, 15) is 9.59 Å². The van der Waals surface area contributed by atoms with E-state index in [0.29, 0.717) is 26.1 Å². The molecule has 1 aromatic carbocycles. The van der Waals surface area contributed by atoms with Crippen molar-refractivity contribution >= 4 is 23.6 Å². The Bertz CT molecular complexity index is 578. The zero-order valence-electron chi connectivity index (χ0n) is 14.1. The molecule has 7 heteroatoms. The van der Waals surface area contributed by atoms with Crippen molar-refractivity contribution in [2.24, 2.45) is 0 Å². The molecule has 132 valence electrons. The van der Waals surface area contributed by atoms with Crippen LogP contribution in [0.5, 0.6) is 5.75 Å². The maximum Gasteiger partial charge on any atom is 0.397 e. The Morgan fingerprint density at radius 1 is 1.21 bits per heavy atom. The summed E-state index contributed by atoms with van der Waals surface area (Å²) in [6.07, 6.45) is 1.48. The molecule has 0 bridgehead atoms. The zero-order chi connectivity index (χ0) is 17.4. The van der Waals surface area contributed by atoms with Gasteiger partial charge in [-0.05, 0) is 36.6 Å². The molecule has 0 unspecified atom stereocenters. The van der Waals surface area contributed by atoms with E-state index in [0.717, 1.165) is 28.4 Å². The SMILES string of the molecule is COCCCCOC(=O)C(=O)N1CCSc2ccc(OC)cc2C1. The Morgan fingerprint density at radius 3 is 2.75 bits per heavy atom. The lowest BCUT2D eigenvalue weighted by atomic mass is 10.2. The summed E-state index contributed by atoms with van der Waals surface area (Å²) in [6.45, 7) is 1.75. The van der Waals surface area contributed by atoms with Gasteiger partial charge in [-0.15, -0.1) is 11.8 Å². The molecule has 1 aliphatic rings. The zero-order valence-corrected chi connectivity index (χ0v) is 14.9. The number of esters is 1. The largest absolute Gasteiger partial charge is 0.497 e. The van der Waals surface area contributed by atoms with E-state index in [1.807, 2.05) is 18.2 Å². The van der Waals surface area contributed by atoms with Gasteiger partial charge in [0.2, 0.25) is 0 Å². The van der Waals surface area contributed by atoms with Crippen LogP contribution in [0.4, 0.5) is 0 Å². The number of fused-ring (bicyclic) bond motifs is 1. The summed E-state index contributed by atoms with van der Waals surface area (Å²) < 4.78 is 15.2. The highest BCUT2D eigenvalue weighted by Gasteiger charge is 2.26. The topological polar surface area (TPSA) is 65.1 Å². The smallest absolute Gasteiger partial charge is 0.397 e. The van der Waals surface area contributed by atoms with E-state index in [4.69, 9.17) is 14.2 Å². The molecule has 24 heavy (non-hydrogen) atoms. The molecule has 1 aliphatic heterocycles. The molecule has 0 saturated carbocycles. The molecular formula is C17H23NO5S. The molecule has 2 rings (SSSR count). The van der Waals surface area contributed by atoms with Crippen molar-refractivity contribution in [1.82, 2.24) is 4.90 Å². The highest BCUT2D eigenvalue weighted by Crippen LogP contribution is 2.30. The summed E-state index contributed by atoms with van der Waals surface area (Å²) in [5, 5.41) is 0. The Balaban J connectivity index is 1.93. The van der Waals surface area contributed by atoms with Gasteiger partial charge in [-0.25, -0.2) is 4.79 Å². The van der Waals surface area contributed by atoms with Crippen LogP contribution >= 0.6 is 11.8 Å². The number of amides is 1. The van der Waals surface area contributed by atoms with Gasteiger partial charge in [0.05, 0.1) is 13.7 Å². The van der Waals surface area contributed by atoms with Gasteiger partial charge >= 0.3 is 11.9 Å². The minimum atomic E-state index is -0.788. The van der Waals surface area contributed by atoms with Gasteiger partial charge in [0, 0.05) is 37.5 Å². The molecule has 0 aliphatic carbocycles. The molecule has 0 spiro atoms. The van der Waals surface area contributed by atoms with Gasteiger partial charge in [0.1, 0.15) is 5.75 Å². The number of methoxy groups -OCH3 is 2. The third-order valence-corrected chi connectivity index (χ3v) is 4.78. The quantitative estimate of drug-likeness (QED) is 0.443. The van der Waals surface area contributed by atoms with Gasteiger partial charge in [0.15, 0.2) is 0 Å². The van der Waals surface area contributed by atoms with Crippen molar-refractivity contribution < 1.29 is 23.8 Å². The molecule has 0 radical (unpaired) electrons. The number of nitrogens with zero attached hydrogens (tertiary/aromatic N) is 1. The number of carbonyl (C=O) groups excluding carboxylic acids is 2. The fourth-order valence-corrected chi connectivity index (χ4v) is 3.38. The van der Waals surface area contributed by atoms with Crippen molar-refractivity contribution in [2.45, 2.75) is 24.3 Å². The van der Waals surface area contributed by atoms with Crippen molar-refractivity contribution in [2.75, 3.05) is 39.7 Å². The van der Waals surface area contributed by atoms with Crippen LogP contribution in [-0.4, -0.2) is 56.5 Å². The minimum Gasteiger partial charge on any atom is -0.497 e. The lowest BCUT2D eigenvalue weighted by Gasteiger charge is -2.19. The van der Waals surface area contributed by atoms with Gasteiger partial charge in [0.25, 0.3) is 0 Å². The molecule has 1 heterocycles. The predicted octanol–water partition coefficient (Wildman–Crippen LogP) is 2.10. The van der Waals surface area contributed by atoms with Crippen molar-refractivity contribution in [3.05, 3.63) is 23.8 Å². The summed E-state index contributed by atoms with van der Waals surface area (Å²) in [6, 6.07) is 5.79. The normalized spacial score (nSPS) is 13.8. The van der Waals surface area contributed by atoms with Crippen LogP contribution in [-0.2, 0) is 25.6 Å². The fraction of sp³-hybridized carbons (Fsp3) is 0.529. The van der Waals surface area contributed by atoms with E-state index >= 15 is 0 Å². The van der Waals surface area contributed by atoms with Crippen molar-refractivity contribution in [3.8, 4) is 5.75 Å². The maximum absolute atomic E-state index is 12.3. The molecular weight excluding hydrogens is 330 g/mol. The van der Waals surface area contributed by atoms with Gasteiger partial charge in [-0.3, -0.25) is 4.79 Å². The van der Waals surface area contributed by atoms with E-state index in [2.05, 4.69) is 0 Å². The van der Waals surface area contributed by atoms with Crippen LogP contribution in [0.15, 0.2) is 23.1 Å². The van der Waals surface area contributed by atoms with Gasteiger partial charge in [-0.1, -0.05) is 0 Å². The van der Waals surface area contributed by atoms with E-state index in [1.165, 1.54) is 4.90 Å². The first kappa shape index (κ1) is 18.6. The molecule has 6 nitrogen and oxygen atoms in total. The predicted molar refractivity (Wildman–Crippen MR) is 91.2 cm³/mol. The Morgan fingerprint density at radius 2 is 2.00 bits per heavy atom. The Hall–Kier alpha value is -1.73. The number of hydrogen-bond acceptors (Lipinski definition) is 6. The number of thioether (sulfide) groups is 1. The first-order valence-corrected chi connectivity index (χ1v) is 8.89. The van der Waals surface area contributed by atoms with Crippen LogP contribution in [0.1, 0.15) is 18.4 Å². The summed E-state index contributed by atoms with van der Waals surface area (Å²) in [4.78, 5) is 26.9. The number of unbranched alkanes of at least 4 members (excludes halogenated alkanes) is 1. The number of ether oxygens (including phenoxy) is 3. The van der Waals surface area contributed by atoms with E-state index < -0.39 is 11.9 Å². The third kappa shape index (κ3) is 5.14. The van der Waals surface area contributed by atoms with Crippen LogP contribution in [0, 0.1) is 0 Å². The Kier molecular flexibility index (Phi) is 7.39. The lowest BCUT2D eigenvalue weighted by Crippen LogP contribution is -2.38. The average molecular weight is 353 g/mol. The molecule has 0 atom stereocenters. The second-order valence-electron chi connectivity index (χ2n) is 5.38. The molecule has 1 amide bonds. The second-order valence-corrected chi connectivity index (χ2v) is 6.52. The maximum atomic E-state index is 12.3. The summed E-state index contributed by atoms with van der Waals surface area (Å²) in [7, 11) is 3.23. The lowest BCUT2D eigenvalue weighted by molar-refractivity contribution is -0.160. The monoisotopic (exact) mass is 353 g/mol. The number of rotatable bonds is 6. The highest BCUT2D eigenvalue weighted by molar-refractivity contribution is 7.99. The van der Waals surface area contributed by atoms with E-state index in [-0.39, 0.29) is 6.61 Å². The Labute approximate surface area is 146 Å². The second kappa shape index (κ2) is 9.54. The fourth-order valence-electron chi connectivity index (χ4n) is 2.38. The van der Waals surface area contributed by atoms with Gasteiger partial charge < -0.3 is 19.1 Å². The highest BCUT2D eigenvalue weighted by atomic mass is 32.2. The first-order valence-electron chi connectivity index (χ1n) is 7.90. The van der Waals surface area contributed by atoms with Crippen molar-refractivity contribution in [1.29, 1.82) is 0 Å². The number of benzene rings is 1. The van der Waals surface area contributed by atoms with Crippen LogP contribution in [0.3, 0.4) is 0 Å². The van der Waals surface area contributed by atoms with Crippen LogP contribution < -0.4 is 4.74 Å². The molecule has 0 aromatic heterocycles. The summed E-state index contributed by atoms with van der Waals surface area (Å²) >= 11 is 1.67. The van der Waals surface area contributed by atoms with E-state index in [1.54, 1.807) is 26.0 Å². The molecule has 0 N–H and O–H groups in total. The van der Waals surface area contributed by atoms with Crippen LogP contribution in [0.25, 0.3) is 0 Å². The van der Waals surface area contributed by atoms with Crippen molar-refractivity contribution in [3.63, 3.8) is 0 Å². The number of hydrogen-bond donors (Lipinski definition) is 0. The standard InChI is InChI=1S/C17H23NO5S/c1-21-8-3-4-9-23-17(20)16(19)18-7-10-24-15-6-5-14(22-2)11-13(15)12-18/h5-6,11H,3-4,7-10,12H2,1-2H3. The molecule has 0 fully saturated rings. The van der Waals surface area contributed by atoms with Gasteiger partial charge in [-0.2, -0.15) is 0 Å². The molecule has 0 saturated heterocycles. The first-order chi connectivity index (χ1) is 11.7. The average Bonchev–Trinajstić information content (AvgIpc) is 2.82. The van der Waals surface area contributed by atoms with Crippen LogP contribution in [0.2, 0.25) is 0 Å². The summed E-state index contributed by atoms with van der Waals surface area (Å²) in [5.41, 5.74) is 0.984. The molecule has 1 aromatic rings.